The van der Waals surface area contributed by atoms with Gasteiger partial charge in [0, 0.05) is 5.69 Å². The van der Waals surface area contributed by atoms with E-state index in [9.17, 15) is 9.18 Å². The minimum absolute atomic E-state index is 0.0281. The van der Waals surface area contributed by atoms with Crippen LogP contribution in [0.1, 0.15) is 24.2 Å². The molecule has 2 heterocycles. The molecule has 162 valence electrons. The van der Waals surface area contributed by atoms with E-state index in [0.29, 0.717) is 17.4 Å². The van der Waals surface area contributed by atoms with E-state index in [4.69, 9.17) is 11.6 Å². The topological polar surface area (TPSA) is 63.1 Å². The Hall–Kier alpha value is -2.42. The molecule has 3 aromatic rings. The van der Waals surface area contributed by atoms with E-state index in [1.807, 2.05) is 18.2 Å². The lowest BCUT2D eigenvalue weighted by Gasteiger charge is -2.16. The molecule has 4 rings (SSSR count). The zero-order valence-electron chi connectivity index (χ0n) is 16.9. The second-order valence-electron chi connectivity index (χ2n) is 7.42. The van der Waals surface area contributed by atoms with E-state index in [2.05, 4.69) is 37.1 Å². The number of halogens is 2. The molecule has 1 N–H and O–H groups in total. The van der Waals surface area contributed by atoms with Crippen molar-refractivity contribution in [1.29, 1.82) is 0 Å². The summed E-state index contributed by atoms with van der Waals surface area (Å²) in [7, 11) is 0. The molecule has 2 aromatic carbocycles. The van der Waals surface area contributed by atoms with Crippen LogP contribution in [-0.4, -0.2) is 44.4 Å². The Morgan fingerprint density at radius 3 is 2.61 bits per heavy atom. The minimum Gasteiger partial charge on any atom is -0.325 e. The van der Waals surface area contributed by atoms with E-state index in [0.717, 1.165) is 31.0 Å². The monoisotopic (exact) mass is 459 g/mol. The Labute approximate surface area is 189 Å². The van der Waals surface area contributed by atoms with Crippen molar-refractivity contribution in [2.24, 2.45) is 0 Å². The molecule has 31 heavy (non-hydrogen) atoms. The maximum Gasteiger partial charge on any atom is 0.234 e. The smallest absolute Gasteiger partial charge is 0.234 e. The van der Waals surface area contributed by atoms with Gasteiger partial charge in [-0.15, -0.1) is 10.2 Å². The maximum atomic E-state index is 13.3. The number of carbonyl (C=O) groups excluding carboxylic acids is 1. The van der Waals surface area contributed by atoms with Crippen LogP contribution in [0.2, 0.25) is 5.02 Å². The molecule has 6 nitrogen and oxygen atoms in total. The largest absolute Gasteiger partial charge is 0.325 e. The number of hydrogen-bond donors (Lipinski definition) is 1. The molecule has 1 saturated heterocycles. The molecule has 0 saturated carbocycles. The summed E-state index contributed by atoms with van der Waals surface area (Å²) >= 11 is 7.11. The summed E-state index contributed by atoms with van der Waals surface area (Å²) in [5.41, 5.74) is 1.61. The summed E-state index contributed by atoms with van der Waals surface area (Å²) in [5.74, 6) is 0.321. The summed E-state index contributed by atoms with van der Waals surface area (Å²) in [6.45, 7) is 3.54. The SMILES string of the molecule is O=C(CSc1nnc(CN2CCCC2)n1Cc1ccccc1)Nc1ccc(F)c(Cl)c1. The average Bonchev–Trinajstić information content (AvgIpc) is 3.41. The van der Waals surface area contributed by atoms with Crippen LogP contribution >= 0.6 is 23.4 Å². The molecule has 1 aliphatic rings. The molecule has 0 aliphatic carbocycles. The van der Waals surface area contributed by atoms with Gasteiger partial charge in [0.15, 0.2) is 5.16 Å². The molecule has 1 aromatic heterocycles. The van der Waals surface area contributed by atoms with Crippen LogP contribution < -0.4 is 5.32 Å². The highest BCUT2D eigenvalue weighted by Gasteiger charge is 2.19. The van der Waals surface area contributed by atoms with E-state index in [1.165, 1.54) is 42.8 Å². The van der Waals surface area contributed by atoms with E-state index in [-0.39, 0.29) is 16.7 Å². The molecular weight excluding hydrogens is 437 g/mol. The third-order valence-corrected chi connectivity index (χ3v) is 6.33. The quantitative estimate of drug-likeness (QED) is 0.504. The normalized spacial score (nSPS) is 14.1. The second kappa shape index (κ2) is 10.3. The van der Waals surface area contributed by atoms with Gasteiger partial charge in [0.1, 0.15) is 11.6 Å². The Morgan fingerprint density at radius 2 is 1.87 bits per heavy atom. The van der Waals surface area contributed by atoms with E-state index in [1.54, 1.807) is 0 Å². The number of carbonyl (C=O) groups is 1. The van der Waals surface area contributed by atoms with Gasteiger partial charge in [-0.2, -0.15) is 0 Å². The van der Waals surface area contributed by atoms with Crippen molar-refractivity contribution in [3.63, 3.8) is 0 Å². The Balaban J connectivity index is 1.45. The van der Waals surface area contributed by atoms with Crippen LogP contribution in [-0.2, 0) is 17.9 Å². The molecule has 1 amide bonds. The molecule has 1 fully saturated rings. The van der Waals surface area contributed by atoms with Crippen LogP contribution in [0.25, 0.3) is 0 Å². The number of amides is 1. The molecule has 0 radical (unpaired) electrons. The van der Waals surface area contributed by atoms with Crippen molar-refractivity contribution >= 4 is 35.0 Å². The molecule has 0 unspecified atom stereocenters. The van der Waals surface area contributed by atoms with Crippen LogP contribution in [0.5, 0.6) is 0 Å². The van der Waals surface area contributed by atoms with Gasteiger partial charge in [-0.3, -0.25) is 9.69 Å². The van der Waals surface area contributed by atoms with Crippen molar-refractivity contribution in [3.05, 3.63) is 70.8 Å². The summed E-state index contributed by atoms with van der Waals surface area (Å²) in [6.07, 6.45) is 2.42. The lowest BCUT2D eigenvalue weighted by atomic mass is 10.2. The van der Waals surface area contributed by atoms with Crippen molar-refractivity contribution in [1.82, 2.24) is 19.7 Å². The Kier molecular flexibility index (Phi) is 7.21. The number of anilines is 1. The van der Waals surface area contributed by atoms with Crippen molar-refractivity contribution in [3.8, 4) is 0 Å². The number of likely N-dealkylation sites (tertiary alicyclic amines) is 1. The van der Waals surface area contributed by atoms with Crippen molar-refractivity contribution in [2.45, 2.75) is 31.1 Å². The summed E-state index contributed by atoms with van der Waals surface area (Å²) in [6, 6.07) is 14.2. The van der Waals surface area contributed by atoms with Crippen LogP contribution in [0, 0.1) is 5.82 Å². The van der Waals surface area contributed by atoms with Crippen LogP contribution in [0.15, 0.2) is 53.7 Å². The predicted octanol–water partition coefficient (Wildman–Crippen LogP) is 4.45. The first-order chi connectivity index (χ1) is 15.1. The third-order valence-electron chi connectivity index (χ3n) is 5.08. The lowest BCUT2D eigenvalue weighted by molar-refractivity contribution is -0.113. The van der Waals surface area contributed by atoms with Gasteiger partial charge in [0.05, 0.1) is 23.9 Å². The fourth-order valence-electron chi connectivity index (χ4n) is 3.51. The highest BCUT2D eigenvalue weighted by atomic mass is 35.5. The number of rotatable bonds is 8. The molecule has 0 atom stereocenters. The third kappa shape index (κ3) is 5.84. The fraction of sp³-hybridized carbons (Fsp3) is 0.318. The zero-order chi connectivity index (χ0) is 21.6. The number of hydrogen-bond acceptors (Lipinski definition) is 5. The predicted molar refractivity (Wildman–Crippen MR) is 121 cm³/mol. The zero-order valence-corrected chi connectivity index (χ0v) is 18.5. The number of nitrogens with zero attached hydrogens (tertiary/aromatic N) is 4. The molecular formula is C22H23ClFN5OS. The number of nitrogens with one attached hydrogen (secondary N) is 1. The number of thioether (sulfide) groups is 1. The van der Waals surface area contributed by atoms with Crippen molar-refractivity contribution in [2.75, 3.05) is 24.2 Å². The standard InChI is InChI=1S/C22H23ClFN5OS/c23-18-12-17(8-9-19(18)24)25-21(30)15-31-22-27-26-20(14-28-10-4-5-11-28)29(22)13-16-6-2-1-3-7-16/h1-3,6-9,12H,4-5,10-11,13-15H2,(H,25,30). The molecule has 9 heteroatoms. The fourth-order valence-corrected chi connectivity index (χ4v) is 4.45. The molecule has 1 aliphatic heterocycles. The Bertz CT molecular complexity index is 1040. The number of benzene rings is 2. The average molecular weight is 460 g/mol. The maximum absolute atomic E-state index is 13.3. The summed E-state index contributed by atoms with van der Waals surface area (Å²) < 4.78 is 15.4. The minimum atomic E-state index is -0.520. The van der Waals surface area contributed by atoms with Crippen LogP contribution in [0.4, 0.5) is 10.1 Å². The van der Waals surface area contributed by atoms with Gasteiger partial charge in [-0.1, -0.05) is 53.7 Å². The van der Waals surface area contributed by atoms with Gasteiger partial charge in [0.2, 0.25) is 5.91 Å². The highest BCUT2D eigenvalue weighted by Crippen LogP contribution is 2.23. The number of aromatic nitrogens is 3. The first-order valence-electron chi connectivity index (χ1n) is 10.1. The summed E-state index contributed by atoms with van der Waals surface area (Å²) in [4.78, 5) is 14.8. The molecule has 0 bridgehead atoms. The van der Waals surface area contributed by atoms with Crippen molar-refractivity contribution < 1.29 is 9.18 Å². The van der Waals surface area contributed by atoms with Gasteiger partial charge >= 0.3 is 0 Å². The highest BCUT2D eigenvalue weighted by molar-refractivity contribution is 7.99. The van der Waals surface area contributed by atoms with Crippen LogP contribution in [0.3, 0.4) is 0 Å². The second-order valence-corrected chi connectivity index (χ2v) is 8.77. The summed E-state index contributed by atoms with van der Waals surface area (Å²) in [5, 5.41) is 12.2. The Morgan fingerprint density at radius 1 is 1.10 bits per heavy atom. The van der Waals surface area contributed by atoms with Gasteiger partial charge in [-0.05, 0) is 49.7 Å². The van der Waals surface area contributed by atoms with E-state index >= 15 is 0 Å². The van der Waals surface area contributed by atoms with Gasteiger partial charge in [-0.25, -0.2) is 4.39 Å². The lowest BCUT2D eigenvalue weighted by Crippen LogP contribution is -2.22. The van der Waals surface area contributed by atoms with Gasteiger partial charge < -0.3 is 9.88 Å². The first kappa shape index (κ1) is 21.8. The van der Waals surface area contributed by atoms with Gasteiger partial charge in [0.25, 0.3) is 0 Å². The first-order valence-corrected chi connectivity index (χ1v) is 11.5. The molecule has 0 spiro atoms. The van der Waals surface area contributed by atoms with E-state index < -0.39 is 5.82 Å².